The van der Waals surface area contributed by atoms with Gasteiger partial charge in [0.05, 0.1) is 19.4 Å². The van der Waals surface area contributed by atoms with Crippen molar-refractivity contribution >= 4 is 11.8 Å². The van der Waals surface area contributed by atoms with E-state index in [4.69, 9.17) is 9.47 Å². The second kappa shape index (κ2) is 5.19. The first-order valence-electron chi connectivity index (χ1n) is 4.17. The average Bonchev–Trinajstić information content (AvgIpc) is 2.19. The lowest BCUT2D eigenvalue weighted by Gasteiger charge is -2.03. The van der Waals surface area contributed by atoms with E-state index in [-0.39, 0.29) is 0 Å². The topological polar surface area (TPSA) is 30.8 Å². The molecule has 3 nitrogen and oxygen atoms in total. The van der Waals surface area contributed by atoms with Crippen LogP contribution < -0.4 is 0 Å². The highest BCUT2D eigenvalue weighted by Crippen LogP contribution is 2.10. The van der Waals surface area contributed by atoms with Crippen molar-refractivity contribution in [2.75, 3.05) is 13.7 Å². The van der Waals surface area contributed by atoms with E-state index in [9.17, 15) is 0 Å². The number of hydrogen-bond donors (Lipinski definition) is 0. The van der Waals surface area contributed by atoms with E-state index in [1.807, 2.05) is 37.3 Å². The highest BCUT2D eigenvalue weighted by Gasteiger charge is 1.96. The molecule has 0 aliphatic heterocycles. The zero-order valence-corrected chi connectivity index (χ0v) is 7.86. The van der Waals surface area contributed by atoms with Crippen LogP contribution in [-0.4, -0.2) is 19.8 Å². The van der Waals surface area contributed by atoms with Crippen molar-refractivity contribution < 1.29 is 9.47 Å². The maximum Gasteiger partial charge on any atom is 0.388 e. The Morgan fingerprint density at radius 2 is 2.00 bits per heavy atom. The molecule has 0 heterocycles. The van der Waals surface area contributed by atoms with Crippen LogP contribution >= 0.6 is 0 Å². The lowest BCUT2D eigenvalue weighted by atomic mass is 10.3. The van der Waals surface area contributed by atoms with Gasteiger partial charge in [-0.15, -0.1) is 0 Å². The van der Waals surface area contributed by atoms with Crippen molar-refractivity contribution in [3.8, 4) is 0 Å². The fourth-order valence-corrected chi connectivity index (χ4v) is 0.868. The molecular weight excluding hydrogens is 166 g/mol. The molecule has 0 aliphatic rings. The molecule has 0 unspecified atom stereocenters. The van der Waals surface area contributed by atoms with Crippen LogP contribution in [0.2, 0.25) is 0 Å². The lowest BCUT2D eigenvalue weighted by molar-refractivity contribution is 0.208. The minimum absolute atomic E-state index is 0.300. The number of benzene rings is 1. The van der Waals surface area contributed by atoms with E-state index in [1.54, 1.807) is 0 Å². The van der Waals surface area contributed by atoms with Gasteiger partial charge in [0.25, 0.3) is 0 Å². The Morgan fingerprint density at radius 3 is 2.54 bits per heavy atom. The SMILES string of the molecule is CCOC(=Nc1ccccc1)OC. The quantitative estimate of drug-likeness (QED) is 0.515. The number of hydrogen-bond acceptors (Lipinski definition) is 3. The highest BCUT2D eigenvalue weighted by atomic mass is 16.7. The van der Waals surface area contributed by atoms with Crippen LogP contribution in [0.1, 0.15) is 6.92 Å². The van der Waals surface area contributed by atoms with Crippen LogP contribution in [0, 0.1) is 0 Å². The van der Waals surface area contributed by atoms with Gasteiger partial charge < -0.3 is 9.47 Å². The Hall–Kier alpha value is -1.51. The van der Waals surface area contributed by atoms with Crippen LogP contribution in [0.4, 0.5) is 5.69 Å². The molecule has 0 atom stereocenters. The molecule has 0 spiro atoms. The second-order valence-electron chi connectivity index (χ2n) is 2.35. The van der Waals surface area contributed by atoms with Crippen molar-refractivity contribution in [1.82, 2.24) is 0 Å². The van der Waals surface area contributed by atoms with Crippen LogP contribution in [0.25, 0.3) is 0 Å². The molecule has 0 saturated carbocycles. The molecule has 0 fully saturated rings. The zero-order valence-electron chi connectivity index (χ0n) is 7.86. The van der Waals surface area contributed by atoms with E-state index in [2.05, 4.69) is 4.99 Å². The predicted octanol–water partition coefficient (Wildman–Crippen LogP) is 2.36. The van der Waals surface area contributed by atoms with Crippen LogP contribution in [0.5, 0.6) is 0 Å². The molecule has 0 aliphatic carbocycles. The first kappa shape index (κ1) is 9.58. The summed E-state index contributed by atoms with van der Waals surface area (Å²) >= 11 is 0. The number of aliphatic imine (C=N–C) groups is 1. The van der Waals surface area contributed by atoms with Crippen LogP contribution in [0.15, 0.2) is 35.3 Å². The number of ether oxygens (including phenoxy) is 2. The first-order valence-corrected chi connectivity index (χ1v) is 4.17. The summed E-state index contributed by atoms with van der Waals surface area (Å²) in [5.41, 5.74) is 0.827. The smallest absolute Gasteiger partial charge is 0.388 e. The van der Waals surface area contributed by atoms with Crippen molar-refractivity contribution in [2.24, 2.45) is 4.99 Å². The number of rotatable bonds is 2. The summed E-state index contributed by atoms with van der Waals surface area (Å²) in [5.74, 6) is 0. The zero-order chi connectivity index (χ0) is 9.52. The normalized spacial score (nSPS) is 11.1. The molecule has 3 heteroatoms. The van der Waals surface area contributed by atoms with Gasteiger partial charge in [0.1, 0.15) is 0 Å². The molecule has 0 radical (unpaired) electrons. The van der Waals surface area contributed by atoms with E-state index in [0.717, 1.165) is 5.69 Å². The molecule has 13 heavy (non-hydrogen) atoms. The molecule has 0 saturated heterocycles. The summed E-state index contributed by atoms with van der Waals surface area (Å²) in [5, 5.41) is 0. The van der Waals surface area contributed by atoms with Crippen molar-refractivity contribution in [1.29, 1.82) is 0 Å². The fourth-order valence-electron chi connectivity index (χ4n) is 0.868. The predicted molar refractivity (Wildman–Crippen MR) is 52.2 cm³/mol. The van der Waals surface area contributed by atoms with Crippen molar-refractivity contribution in [3.63, 3.8) is 0 Å². The van der Waals surface area contributed by atoms with Gasteiger partial charge in [-0.05, 0) is 19.1 Å². The maximum atomic E-state index is 5.12. The molecular formula is C10H13NO2. The molecule has 0 N–H and O–H groups in total. The van der Waals surface area contributed by atoms with Crippen LogP contribution in [-0.2, 0) is 9.47 Å². The Morgan fingerprint density at radius 1 is 1.31 bits per heavy atom. The molecule has 1 aromatic carbocycles. The van der Waals surface area contributed by atoms with Gasteiger partial charge in [0, 0.05) is 0 Å². The third kappa shape index (κ3) is 3.15. The van der Waals surface area contributed by atoms with Crippen LogP contribution in [0.3, 0.4) is 0 Å². The van der Waals surface area contributed by atoms with E-state index >= 15 is 0 Å². The Bertz CT molecular complexity index is 270. The Kier molecular flexibility index (Phi) is 3.82. The third-order valence-electron chi connectivity index (χ3n) is 1.42. The summed E-state index contributed by atoms with van der Waals surface area (Å²) in [6.07, 6.45) is 0.300. The first-order chi connectivity index (χ1) is 6.36. The minimum Gasteiger partial charge on any atom is -0.454 e. The Labute approximate surface area is 78.0 Å². The minimum atomic E-state index is 0.300. The van der Waals surface area contributed by atoms with Gasteiger partial charge in [-0.2, -0.15) is 4.99 Å². The summed E-state index contributed by atoms with van der Waals surface area (Å²) in [4.78, 5) is 4.14. The maximum absolute atomic E-state index is 5.12. The summed E-state index contributed by atoms with van der Waals surface area (Å²) < 4.78 is 10.0. The Balaban J connectivity index is 2.73. The van der Waals surface area contributed by atoms with Crippen molar-refractivity contribution in [3.05, 3.63) is 30.3 Å². The standard InChI is InChI=1S/C10H13NO2/c1-3-13-10(12-2)11-9-7-5-4-6-8-9/h4-8H,3H2,1-2H3. The van der Waals surface area contributed by atoms with E-state index < -0.39 is 0 Å². The number of nitrogens with zero attached hydrogens (tertiary/aromatic N) is 1. The lowest BCUT2D eigenvalue weighted by Crippen LogP contribution is -2.05. The van der Waals surface area contributed by atoms with E-state index in [1.165, 1.54) is 7.11 Å². The molecule has 0 bridgehead atoms. The van der Waals surface area contributed by atoms with Gasteiger partial charge >= 0.3 is 6.08 Å². The van der Waals surface area contributed by atoms with Gasteiger partial charge in [0.15, 0.2) is 0 Å². The molecule has 0 aromatic heterocycles. The molecule has 0 amide bonds. The van der Waals surface area contributed by atoms with Crippen molar-refractivity contribution in [2.45, 2.75) is 6.92 Å². The molecule has 1 rings (SSSR count). The summed E-state index contributed by atoms with van der Waals surface area (Å²) in [6.45, 7) is 2.44. The van der Waals surface area contributed by atoms with Gasteiger partial charge in [-0.25, -0.2) is 0 Å². The van der Waals surface area contributed by atoms with E-state index in [0.29, 0.717) is 12.7 Å². The second-order valence-corrected chi connectivity index (χ2v) is 2.35. The largest absolute Gasteiger partial charge is 0.454 e. The average molecular weight is 179 g/mol. The number of methoxy groups -OCH3 is 1. The molecule has 1 aromatic rings. The number of para-hydroxylation sites is 1. The summed E-state index contributed by atoms with van der Waals surface area (Å²) in [6, 6.07) is 9.54. The fraction of sp³-hybridized carbons (Fsp3) is 0.300. The van der Waals surface area contributed by atoms with Gasteiger partial charge in [0.2, 0.25) is 0 Å². The highest BCUT2D eigenvalue weighted by molar-refractivity contribution is 5.70. The third-order valence-corrected chi connectivity index (χ3v) is 1.42. The van der Waals surface area contributed by atoms with Gasteiger partial charge in [-0.1, -0.05) is 18.2 Å². The van der Waals surface area contributed by atoms with Gasteiger partial charge in [-0.3, -0.25) is 0 Å². The molecule has 70 valence electrons. The monoisotopic (exact) mass is 179 g/mol. The summed E-state index contributed by atoms with van der Waals surface area (Å²) in [7, 11) is 1.54.